The van der Waals surface area contributed by atoms with Crippen LogP contribution in [0.5, 0.6) is 0 Å². The van der Waals surface area contributed by atoms with Crippen molar-refractivity contribution in [2.75, 3.05) is 11.9 Å². The van der Waals surface area contributed by atoms with Crippen LogP contribution in [0.15, 0.2) is 59.8 Å². The number of hydrogen-bond acceptors (Lipinski definition) is 4. The predicted molar refractivity (Wildman–Crippen MR) is 130 cm³/mol. The highest BCUT2D eigenvalue weighted by Gasteiger charge is 2.35. The van der Waals surface area contributed by atoms with Crippen molar-refractivity contribution >= 4 is 34.6 Å². The number of aromatic nitrogens is 2. The minimum atomic E-state index is -0.366. The molecular formula is C26H30ClN3O2. The van der Waals surface area contributed by atoms with Gasteiger partial charge in [-0.1, -0.05) is 74.9 Å². The number of halogens is 1. The van der Waals surface area contributed by atoms with Crippen molar-refractivity contribution in [3.63, 3.8) is 0 Å². The number of nitrogens with zero attached hydrogens (tertiary/aromatic N) is 2. The SMILES string of the molecule is CCCCCCCCOC(=O)C1=C(C)Nc2nc3ccccc3n2C1c1cccc(Cl)c1. The molecule has 0 spiro atoms. The molecule has 0 aliphatic carbocycles. The first kappa shape index (κ1) is 22.4. The Labute approximate surface area is 194 Å². The molecule has 168 valence electrons. The predicted octanol–water partition coefficient (Wildman–Crippen LogP) is 6.88. The molecule has 0 saturated heterocycles. The van der Waals surface area contributed by atoms with E-state index in [4.69, 9.17) is 21.3 Å². The molecule has 1 atom stereocenters. The molecule has 0 radical (unpaired) electrons. The maximum absolute atomic E-state index is 13.3. The topological polar surface area (TPSA) is 56.1 Å². The number of benzene rings is 2. The molecular weight excluding hydrogens is 422 g/mol. The third-order valence-corrected chi connectivity index (χ3v) is 6.18. The number of anilines is 1. The first-order valence-corrected chi connectivity index (χ1v) is 11.8. The Kier molecular flexibility index (Phi) is 7.15. The highest BCUT2D eigenvalue weighted by molar-refractivity contribution is 6.30. The van der Waals surface area contributed by atoms with Gasteiger partial charge in [0, 0.05) is 10.7 Å². The standard InChI is InChI=1S/C26H30ClN3O2/c1-3-4-5-6-7-10-16-32-25(31)23-18(2)28-26-29-21-14-8-9-15-22(21)30(26)24(23)19-12-11-13-20(27)17-19/h8-9,11-15,17,24H,3-7,10,16H2,1-2H3,(H,28,29). The zero-order valence-electron chi connectivity index (χ0n) is 18.7. The fourth-order valence-electron chi connectivity index (χ4n) is 4.35. The molecule has 3 aromatic rings. The third kappa shape index (κ3) is 4.68. The Bertz CT molecular complexity index is 1140. The Morgan fingerprint density at radius 2 is 1.88 bits per heavy atom. The van der Waals surface area contributed by atoms with E-state index in [1.807, 2.05) is 55.5 Å². The number of imidazole rings is 1. The van der Waals surface area contributed by atoms with Crippen LogP contribution in [0, 0.1) is 0 Å². The molecule has 2 aromatic carbocycles. The van der Waals surface area contributed by atoms with Crippen LogP contribution in [-0.2, 0) is 9.53 Å². The summed E-state index contributed by atoms with van der Waals surface area (Å²) in [6.07, 6.45) is 6.88. The van der Waals surface area contributed by atoms with E-state index in [2.05, 4.69) is 16.8 Å². The van der Waals surface area contributed by atoms with Gasteiger partial charge in [-0.05, 0) is 43.2 Å². The van der Waals surface area contributed by atoms with Crippen molar-refractivity contribution in [1.29, 1.82) is 0 Å². The highest BCUT2D eigenvalue weighted by atomic mass is 35.5. The number of allylic oxidation sites excluding steroid dienone is 1. The zero-order chi connectivity index (χ0) is 22.5. The molecule has 0 fully saturated rings. The average Bonchev–Trinajstić information content (AvgIpc) is 3.15. The van der Waals surface area contributed by atoms with Gasteiger partial charge in [-0.15, -0.1) is 0 Å². The Morgan fingerprint density at radius 3 is 2.69 bits per heavy atom. The van der Waals surface area contributed by atoms with Gasteiger partial charge in [-0.3, -0.25) is 4.57 Å². The molecule has 6 heteroatoms. The molecule has 1 aromatic heterocycles. The van der Waals surface area contributed by atoms with Crippen LogP contribution in [0.4, 0.5) is 5.95 Å². The molecule has 0 saturated carbocycles. The molecule has 1 N–H and O–H groups in total. The lowest BCUT2D eigenvalue weighted by Crippen LogP contribution is -2.29. The van der Waals surface area contributed by atoms with Gasteiger partial charge in [0.1, 0.15) is 0 Å². The minimum Gasteiger partial charge on any atom is -0.462 e. The van der Waals surface area contributed by atoms with Gasteiger partial charge in [0.2, 0.25) is 5.95 Å². The first-order chi connectivity index (χ1) is 15.6. The number of carbonyl (C=O) groups excluding carboxylic acids is 1. The number of ether oxygens (including phenoxy) is 1. The average molecular weight is 452 g/mol. The molecule has 1 unspecified atom stereocenters. The largest absolute Gasteiger partial charge is 0.462 e. The summed E-state index contributed by atoms with van der Waals surface area (Å²) >= 11 is 6.33. The van der Waals surface area contributed by atoms with Gasteiger partial charge in [-0.25, -0.2) is 9.78 Å². The van der Waals surface area contributed by atoms with Crippen molar-refractivity contribution < 1.29 is 9.53 Å². The summed E-state index contributed by atoms with van der Waals surface area (Å²) in [7, 11) is 0. The summed E-state index contributed by atoms with van der Waals surface area (Å²) in [6.45, 7) is 4.55. The van der Waals surface area contributed by atoms with Crippen molar-refractivity contribution in [3.8, 4) is 0 Å². The third-order valence-electron chi connectivity index (χ3n) is 5.95. The van der Waals surface area contributed by atoms with E-state index in [1.54, 1.807) is 0 Å². The van der Waals surface area contributed by atoms with Crippen LogP contribution >= 0.6 is 11.6 Å². The van der Waals surface area contributed by atoms with Crippen molar-refractivity contribution in [3.05, 3.63) is 70.4 Å². The van der Waals surface area contributed by atoms with Crippen LogP contribution in [0.2, 0.25) is 5.02 Å². The van der Waals surface area contributed by atoms with E-state index in [0.717, 1.165) is 35.1 Å². The number of fused-ring (bicyclic) bond motifs is 3. The molecule has 1 aliphatic heterocycles. The second kappa shape index (κ2) is 10.2. The second-order valence-corrected chi connectivity index (χ2v) is 8.76. The molecule has 2 heterocycles. The Balaban J connectivity index is 1.62. The number of esters is 1. The Hall–Kier alpha value is -2.79. The quantitative estimate of drug-likeness (QED) is 0.284. The minimum absolute atomic E-state index is 0.294. The summed E-state index contributed by atoms with van der Waals surface area (Å²) in [5, 5.41) is 3.95. The van der Waals surface area contributed by atoms with E-state index in [-0.39, 0.29) is 12.0 Å². The Morgan fingerprint density at radius 1 is 1.09 bits per heavy atom. The number of rotatable bonds is 9. The van der Waals surface area contributed by atoms with E-state index < -0.39 is 0 Å². The number of carbonyl (C=O) groups is 1. The van der Waals surface area contributed by atoms with Gasteiger partial charge < -0.3 is 10.1 Å². The molecule has 0 bridgehead atoms. The van der Waals surface area contributed by atoms with Gasteiger partial charge in [0.05, 0.1) is 29.3 Å². The molecule has 32 heavy (non-hydrogen) atoms. The van der Waals surface area contributed by atoms with Gasteiger partial charge in [0.25, 0.3) is 0 Å². The van der Waals surface area contributed by atoms with Crippen molar-refractivity contribution in [1.82, 2.24) is 9.55 Å². The highest BCUT2D eigenvalue weighted by Crippen LogP contribution is 2.40. The normalized spacial score (nSPS) is 15.5. The first-order valence-electron chi connectivity index (χ1n) is 11.5. The van der Waals surface area contributed by atoms with Crippen LogP contribution in [0.3, 0.4) is 0 Å². The van der Waals surface area contributed by atoms with Crippen LogP contribution in [0.25, 0.3) is 11.0 Å². The lowest BCUT2D eigenvalue weighted by atomic mass is 9.95. The maximum atomic E-state index is 13.3. The summed E-state index contributed by atoms with van der Waals surface area (Å²) in [5.74, 6) is 0.415. The van der Waals surface area contributed by atoms with Gasteiger partial charge in [-0.2, -0.15) is 0 Å². The number of unbranched alkanes of at least 4 members (excludes halogenated alkanes) is 5. The van der Waals surface area contributed by atoms with E-state index in [9.17, 15) is 4.79 Å². The fraction of sp³-hybridized carbons (Fsp3) is 0.385. The molecule has 1 aliphatic rings. The summed E-state index contributed by atoms with van der Waals surface area (Å²) in [5.41, 5.74) is 4.10. The second-order valence-electron chi connectivity index (χ2n) is 8.32. The lowest BCUT2D eigenvalue weighted by molar-refractivity contribution is -0.139. The van der Waals surface area contributed by atoms with E-state index >= 15 is 0 Å². The van der Waals surface area contributed by atoms with E-state index in [0.29, 0.717) is 23.2 Å². The lowest BCUT2D eigenvalue weighted by Gasteiger charge is -2.30. The maximum Gasteiger partial charge on any atom is 0.338 e. The molecule has 4 rings (SSSR count). The summed E-state index contributed by atoms with van der Waals surface area (Å²) < 4.78 is 7.81. The van der Waals surface area contributed by atoms with Crippen molar-refractivity contribution in [2.45, 2.75) is 58.4 Å². The molecule has 0 amide bonds. The van der Waals surface area contributed by atoms with Crippen LogP contribution < -0.4 is 5.32 Å². The van der Waals surface area contributed by atoms with Crippen molar-refractivity contribution in [2.24, 2.45) is 0 Å². The van der Waals surface area contributed by atoms with Crippen LogP contribution in [0.1, 0.15) is 64.0 Å². The zero-order valence-corrected chi connectivity index (χ0v) is 19.5. The number of para-hydroxylation sites is 2. The smallest absolute Gasteiger partial charge is 0.338 e. The van der Waals surface area contributed by atoms with Gasteiger partial charge >= 0.3 is 5.97 Å². The number of hydrogen-bond donors (Lipinski definition) is 1. The monoisotopic (exact) mass is 451 g/mol. The van der Waals surface area contributed by atoms with Gasteiger partial charge in [0.15, 0.2) is 0 Å². The van der Waals surface area contributed by atoms with Crippen LogP contribution in [-0.4, -0.2) is 22.1 Å². The fourth-order valence-corrected chi connectivity index (χ4v) is 4.54. The summed E-state index contributed by atoms with van der Waals surface area (Å²) in [6, 6.07) is 15.2. The number of nitrogens with one attached hydrogen (secondary N) is 1. The summed E-state index contributed by atoms with van der Waals surface area (Å²) in [4.78, 5) is 18.0. The molecule has 5 nitrogen and oxygen atoms in total. The van der Waals surface area contributed by atoms with E-state index in [1.165, 1.54) is 25.7 Å².